The van der Waals surface area contributed by atoms with Gasteiger partial charge in [-0.1, -0.05) is 18.3 Å². The molecule has 0 aromatic carbocycles. The van der Waals surface area contributed by atoms with E-state index in [2.05, 4.69) is 4.98 Å². The standard InChI is InChI=1S/C12H20N2O4S2/c1-3-7-18-10-5-4-6-14(8-10)20(16,17)11-9(2)13-12(15)19-11/h10H,3-8H2,1-2H3,(H,13,15). The zero-order valence-corrected chi connectivity index (χ0v) is 13.3. The quantitative estimate of drug-likeness (QED) is 0.887. The number of thiazole rings is 1. The van der Waals surface area contributed by atoms with Gasteiger partial charge in [-0.3, -0.25) is 4.79 Å². The molecule has 1 saturated heterocycles. The molecule has 2 rings (SSSR count). The molecule has 1 N–H and O–H groups in total. The monoisotopic (exact) mass is 320 g/mol. The van der Waals surface area contributed by atoms with Gasteiger partial charge < -0.3 is 9.72 Å². The molecule has 1 aliphatic rings. The van der Waals surface area contributed by atoms with Crippen molar-refractivity contribution < 1.29 is 13.2 Å². The predicted molar refractivity (Wildman–Crippen MR) is 77.7 cm³/mol. The normalized spacial score (nSPS) is 21.2. The van der Waals surface area contributed by atoms with Crippen molar-refractivity contribution in [2.45, 2.75) is 43.4 Å². The molecule has 20 heavy (non-hydrogen) atoms. The van der Waals surface area contributed by atoms with Crippen LogP contribution in [0.1, 0.15) is 31.9 Å². The van der Waals surface area contributed by atoms with Gasteiger partial charge in [0.25, 0.3) is 10.0 Å². The van der Waals surface area contributed by atoms with Crippen molar-refractivity contribution in [1.82, 2.24) is 9.29 Å². The Kier molecular flexibility index (Phi) is 5.00. The Balaban J connectivity index is 2.17. The predicted octanol–water partition coefficient (Wildman–Crippen LogP) is 1.32. The number of nitrogens with zero attached hydrogens (tertiary/aromatic N) is 1. The van der Waals surface area contributed by atoms with Gasteiger partial charge in [0.2, 0.25) is 0 Å². The van der Waals surface area contributed by atoms with Crippen LogP contribution in [-0.2, 0) is 14.8 Å². The molecule has 0 bridgehead atoms. The first-order valence-corrected chi connectivity index (χ1v) is 9.02. The lowest BCUT2D eigenvalue weighted by Crippen LogP contribution is -2.43. The van der Waals surface area contributed by atoms with Crippen LogP contribution < -0.4 is 4.87 Å². The first-order chi connectivity index (χ1) is 9.45. The van der Waals surface area contributed by atoms with Gasteiger partial charge in [0.05, 0.1) is 6.10 Å². The summed E-state index contributed by atoms with van der Waals surface area (Å²) in [5.41, 5.74) is 0.414. The largest absolute Gasteiger partial charge is 0.377 e. The van der Waals surface area contributed by atoms with E-state index >= 15 is 0 Å². The van der Waals surface area contributed by atoms with Gasteiger partial charge in [-0.2, -0.15) is 4.31 Å². The maximum atomic E-state index is 12.6. The molecule has 0 amide bonds. The number of sulfonamides is 1. The van der Waals surface area contributed by atoms with Crippen LogP contribution in [-0.4, -0.2) is 43.5 Å². The fourth-order valence-electron chi connectivity index (χ4n) is 2.30. The van der Waals surface area contributed by atoms with Crippen LogP contribution in [0.5, 0.6) is 0 Å². The fourth-order valence-corrected chi connectivity index (χ4v) is 5.24. The summed E-state index contributed by atoms with van der Waals surface area (Å²) in [4.78, 5) is 13.5. The van der Waals surface area contributed by atoms with Crippen LogP contribution in [0.3, 0.4) is 0 Å². The summed E-state index contributed by atoms with van der Waals surface area (Å²) in [5.74, 6) is 0. The minimum Gasteiger partial charge on any atom is -0.377 e. The van der Waals surface area contributed by atoms with E-state index in [1.165, 1.54) is 4.31 Å². The van der Waals surface area contributed by atoms with Crippen molar-refractivity contribution in [2.24, 2.45) is 0 Å². The highest BCUT2D eigenvalue weighted by atomic mass is 32.2. The van der Waals surface area contributed by atoms with E-state index in [9.17, 15) is 13.2 Å². The molecule has 6 nitrogen and oxygen atoms in total. The second-order valence-electron chi connectivity index (χ2n) is 4.93. The molecule has 1 unspecified atom stereocenters. The third-order valence-electron chi connectivity index (χ3n) is 3.25. The second-order valence-corrected chi connectivity index (χ2v) is 8.04. The number of hydrogen-bond donors (Lipinski definition) is 1. The van der Waals surface area contributed by atoms with Gasteiger partial charge in [-0.15, -0.1) is 0 Å². The Bertz CT molecular complexity index is 605. The number of ether oxygens (including phenoxy) is 1. The maximum absolute atomic E-state index is 12.6. The van der Waals surface area contributed by atoms with Crippen molar-refractivity contribution in [3.63, 3.8) is 0 Å². The van der Waals surface area contributed by atoms with Crippen LogP contribution in [0.2, 0.25) is 0 Å². The SMILES string of the molecule is CCCOC1CCCN(S(=O)(=O)c2sc(=O)[nH]c2C)C1. The molecule has 1 atom stereocenters. The number of piperidine rings is 1. The molecular formula is C12H20N2O4S2. The highest BCUT2D eigenvalue weighted by molar-refractivity contribution is 7.91. The molecule has 0 aliphatic carbocycles. The van der Waals surface area contributed by atoms with Crippen molar-refractivity contribution in [3.05, 3.63) is 15.4 Å². The van der Waals surface area contributed by atoms with E-state index in [1.807, 2.05) is 6.92 Å². The summed E-state index contributed by atoms with van der Waals surface area (Å²) in [7, 11) is -3.59. The Labute approximate surface area is 122 Å². The zero-order chi connectivity index (χ0) is 14.8. The van der Waals surface area contributed by atoms with Gasteiger partial charge in [-0.05, 0) is 26.2 Å². The molecule has 0 radical (unpaired) electrons. The van der Waals surface area contributed by atoms with Crippen molar-refractivity contribution in [2.75, 3.05) is 19.7 Å². The lowest BCUT2D eigenvalue weighted by atomic mass is 10.1. The molecule has 1 aromatic rings. The number of hydrogen-bond acceptors (Lipinski definition) is 5. The molecule has 0 spiro atoms. The minimum atomic E-state index is -3.59. The van der Waals surface area contributed by atoms with Crippen LogP contribution in [0, 0.1) is 6.92 Å². The number of aromatic amines is 1. The summed E-state index contributed by atoms with van der Waals surface area (Å²) >= 11 is 0.752. The van der Waals surface area contributed by atoms with E-state index in [-0.39, 0.29) is 15.2 Å². The van der Waals surface area contributed by atoms with E-state index < -0.39 is 10.0 Å². The smallest absolute Gasteiger partial charge is 0.305 e. The molecule has 1 fully saturated rings. The molecule has 0 saturated carbocycles. The lowest BCUT2D eigenvalue weighted by molar-refractivity contribution is 0.0193. The fraction of sp³-hybridized carbons (Fsp3) is 0.750. The first kappa shape index (κ1) is 15.7. The summed E-state index contributed by atoms with van der Waals surface area (Å²) in [5, 5.41) is 0. The average Bonchev–Trinajstić information content (AvgIpc) is 2.76. The molecule has 2 heterocycles. The van der Waals surface area contributed by atoms with Gasteiger partial charge in [0.1, 0.15) is 0 Å². The Morgan fingerprint density at radius 1 is 1.50 bits per heavy atom. The van der Waals surface area contributed by atoms with Crippen LogP contribution in [0.25, 0.3) is 0 Å². The third kappa shape index (κ3) is 3.30. The van der Waals surface area contributed by atoms with Gasteiger partial charge in [0, 0.05) is 25.4 Å². The van der Waals surface area contributed by atoms with Crippen LogP contribution in [0.15, 0.2) is 9.00 Å². The van der Waals surface area contributed by atoms with Gasteiger partial charge >= 0.3 is 4.87 Å². The van der Waals surface area contributed by atoms with E-state index in [4.69, 9.17) is 4.74 Å². The molecule has 1 aromatic heterocycles. The second kappa shape index (κ2) is 6.38. The van der Waals surface area contributed by atoms with E-state index in [0.717, 1.165) is 30.6 Å². The van der Waals surface area contributed by atoms with E-state index in [0.29, 0.717) is 25.4 Å². The zero-order valence-electron chi connectivity index (χ0n) is 11.7. The van der Waals surface area contributed by atoms with Crippen LogP contribution >= 0.6 is 11.3 Å². The van der Waals surface area contributed by atoms with E-state index in [1.54, 1.807) is 6.92 Å². The highest BCUT2D eigenvalue weighted by Gasteiger charge is 2.33. The highest BCUT2D eigenvalue weighted by Crippen LogP contribution is 2.25. The van der Waals surface area contributed by atoms with Gasteiger partial charge in [-0.25, -0.2) is 8.42 Å². The Morgan fingerprint density at radius 2 is 2.25 bits per heavy atom. The summed E-state index contributed by atoms with van der Waals surface area (Å²) < 4.78 is 32.3. The van der Waals surface area contributed by atoms with Crippen LogP contribution in [0.4, 0.5) is 0 Å². The average molecular weight is 320 g/mol. The third-order valence-corrected chi connectivity index (χ3v) is 6.70. The minimum absolute atomic E-state index is 0.0468. The summed E-state index contributed by atoms with van der Waals surface area (Å²) in [6.45, 7) is 5.14. The molecule has 1 aliphatic heterocycles. The van der Waals surface area contributed by atoms with Crippen molar-refractivity contribution >= 4 is 21.4 Å². The number of nitrogens with one attached hydrogen (secondary N) is 1. The summed E-state index contributed by atoms with van der Waals surface area (Å²) in [6, 6.07) is 0. The Morgan fingerprint density at radius 3 is 2.85 bits per heavy atom. The number of rotatable bonds is 5. The van der Waals surface area contributed by atoms with Crippen molar-refractivity contribution in [1.29, 1.82) is 0 Å². The Hall–Kier alpha value is -0.700. The molecular weight excluding hydrogens is 300 g/mol. The molecule has 114 valence electrons. The number of aryl methyl sites for hydroxylation is 1. The maximum Gasteiger partial charge on any atom is 0.305 e. The molecule has 8 heteroatoms. The van der Waals surface area contributed by atoms with Crippen molar-refractivity contribution in [3.8, 4) is 0 Å². The topological polar surface area (TPSA) is 79.5 Å². The number of aromatic nitrogens is 1. The summed E-state index contributed by atoms with van der Waals surface area (Å²) in [6.07, 6.45) is 2.54. The first-order valence-electron chi connectivity index (χ1n) is 6.76. The van der Waals surface area contributed by atoms with Gasteiger partial charge in [0.15, 0.2) is 4.21 Å². The number of H-pyrrole nitrogens is 1. The lowest BCUT2D eigenvalue weighted by Gasteiger charge is -2.31.